The van der Waals surface area contributed by atoms with Gasteiger partial charge < -0.3 is 13.9 Å². The summed E-state index contributed by atoms with van der Waals surface area (Å²) in [4.78, 5) is 14.9. The van der Waals surface area contributed by atoms with E-state index in [9.17, 15) is 4.79 Å². The highest BCUT2D eigenvalue weighted by Crippen LogP contribution is 2.17. The molecule has 0 saturated carbocycles. The molecule has 0 unspecified atom stereocenters. The lowest BCUT2D eigenvalue weighted by Gasteiger charge is -2.00. The summed E-state index contributed by atoms with van der Waals surface area (Å²) in [6.07, 6.45) is 1.15. The van der Waals surface area contributed by atoms with Gasteiger partial charge in [-0.25, -0.2) is 9.78 Å². The molecular formula is C8H11NO4. The number of nitrogens with zero attached hydrogens (tertiary/aromatic N) is 1. The van der Waals surface area contributed by atoms with Crippen LogP contribution in [0.25, 0.3) is 0 Å². The standard InChI is InChI=1S/C8H11NO4/c1-3-11-7(10)6-8(12-4-2)13-5-9-6/h5H,3-4H2,1-2H3. The second-order valence-corrected chi connectivity index (χ2v) is 2.14. The van der Waals surface area contributed by atoms with Crippen LogP contribution >= 0.6 is 0 Å². The van der Waals surface area contributed by atoms with Gasteiger partial charge in [-0.15, -0.1) is 0 Å². The largest absolute Gasteiger partial charge is 0.464 e. The van der Waals surface area contributed by atoms with Crippen LogP contribution < -0.4 is 4.74 Å². The lowest BCUT2D eigenvalue weighted by Crippen LogP contribution is -2.07. The van der Waals surface area contributed by atoms with Crippen LogP contribution in [0.3, 0.4) is 0 Å². The fourth-order valence-electron chi connectivity index (χ4n) is 0.804. The first-order chi connectivity index (χ1) is 6.29. The summed E-state index contributed by atoms with van der Waals surface area (Å²) in [5, 5.41) is 0. The first-order valence-corrected chi connectivity index (χ1v) is 4.03. The molecule has 0 spiro atoms. The van der Waals surface area contributed by atoms with Gasteiger partial charge in [-0.1, -0.05) is 0 Å². The molecule has 0 radical (unpaired) electrons. The molecule has 0 aliphatic heterocycles. The summed E-state index contributed by atoms with van der Waals surface area (Å²) in [7, 11) is 0. The second-order valence-electron chi connectivity index (χ2n) is 2.14. The van der Waals surface area contributed by atoms with Crippen LogP contribution in [0.4, 0.5) is 0 Å². The van der Waals surface area contributed by atoms with E-state index in [1.165, 1.54) is 0 Å². The number of oxazole rings is 1. The van der Waals surface area contributed by atoms with Crippen molar-refractivity contribution >= 4 is 5.97 Å². The number of ether oxygens (including phenoxy) is 2. The first kappa shape index (κ1) is 9.57. The van der Waals surface area contributed by atoms with E-state index in [2.05, 4.69) is 4.98 Å². The first-order valence-electron chi connectivity index (χ1n) is 4.03. The molecule has 0 aliphatic carbocycles. The lowest BCUT2D eigenvalue weighted by atomic mass is 10.5. The highest BCUT2D eigenvalue weighted by molar-refractivity contribution is 5.89. The fraction of sp³-hybridized carbons (Fsp3) is 0.500. The zero-order valence-electron chi connectivity index (χ0n) is 7.57. The van der Waals surface area contributed by atoms with Crippen molar-refractivity contribution in [3.8, 4) is 5.95 Å². The number of hydrogen-bond acceptors (Lipinski definition) is 5. The normalized spacial score (nSPS) is 9.69. The van der Waals surface area contributed by atoms with Crippen LogP contribution in [0.2, 0.25) is 0 Å². The lowest BCUT2D eigenvalue weighted by molar-refractivity contribution is 0.0512. The predicted octanol–water partition coefficient (Wildman–Crippen LogP) is 1.25. The molecule has 1 aromatic heterocycles. The molecule has 0 atom stereocenters. The van der Waals surface area contributed by atoms with Gasteiger partial charge in [0, 0.05) is 0 Å². The van der Waals surface area contributed by atoms with Crippen molar-refractivity contribution in [3.05, 3.63) is 12.1 Å². The Labute approximate surface area is 75.7 Å². The second kappa shape index (κ2) is 4.49. The van der Waals surface area contributed by atoms with Crippen molar-refractivity contribution in [1.29, 1.82) is 0 Å². The van der Waals surface area contributed by atoms with Crippen molar-refractivity contribution < 1.29 is 18.7 Å². The van der Waals surface area contributed by atoms with Crippen molar-refractivity contribution in [3.63, 3.8) is 0 Å². The Morgan fingerprint density at radius 2 is 2.31 bits per heavy atom. The highest BCUT2D eigenvalue weighted by Gasteiger charge is 2.18. The Morgan fingerprint density at radius 1 is 1.54 bits per heavy atom. The number of carbonyl (C=O) groups is 1. The molecule has 5 nitrogen and oxygen atoms in total. The summed E-state index contributed by atoms with van der Waals surface area (Å²) in [5.41, 5.74) is 0.0868. The van der Waals surface area contributed by atoms with Gasteiger partial charge in [-0.05, 0) is 13.8 Å². The van der Waals surface area contributed by atoms with E-state index in [4.69, 9.17) is 13.9 Å². The Morgan fingerprint density at radius 3 is 2.92 bits per heavy atom. The third-order valence-electron chi connectivity index (χ3n) is 1.28. The van der Waals surface area contributed by atoms with E-state index in [0.717, 1.165) is 6.39 Å². The topological polar surface area (TPSA) is 61.6 Å². The minimum atomic E-state index is -0.528. The minimum Gasteiger partial charge on any atom is -0.464 e. The van der Waals surface area contributed by atoms with Crippen LogP contribution in [-0.4, -0.2) is 24.2 Å². The summed E-state index contributed by atoms with van der Waals surface area (Å²) in [6, 6.07) is 0. The molecule has 0 amide bonds. The smallest absolute Gasteiger partial charge is 0.364 e. The molecule has 72 valence electrons. The van der Waals surface area contributed by atoms with Crippen LogP contribution in [0, 0.1) is 0 Å². The zero-order valence-corrected chi connectivity index (χ0v) is 7.57. The molecule has 1 rings (SSSR count). The molecule has 1 aromatic rings. The molecule has 0 fully saturated rings. The number of esters is 1. The molecule has 0 aliphatic rings. The van der Waals surface area contributed by atoms with Gasteiger partial charge in [-0.2, -0.15) is 0 Å². The molecule has 13 heavy (non-hydrogen) atoms. The van der Waals surface area contributed by atoms with E-state index in [1.54, 1.807) is 13.8 Å². The predicted molar refractivity (Wildman–Crippen MR) is 43.6 cm³/mol. The van der Waals surface area contributed by atoms with Gasteiger partial charge in [0.2, 0.25) is 5.69 Å². The van der Waals surface area contributed by atoms with Crippen LogP contribution in [0.15, 0.2) is 10.8 Å². The van der Waals surface area contributed by atoms with Crippen molar-refractivity contribution in [2.24, 2.45) is 0 Å². The third-order valence-corrected chi connectivity index (χ3v) is 1.28. The molecule has 0 saturated heterocycles. The maximum atomic E-state index is 11.2. The van der Waals surface area contributed by atoms with Crippen LogP contribution in [0.5, 0.6) is 5.95 Å². The van der Waals surface area contributed by atoms with E-state index < -0.39 is 5.97 Å². The molecule has 5 heteroatoms. The maximum Gasteiger partial charge on any atom is 0.364 e. The van der Waals surface area contributed by atoms with Crippen LogP contribution in [0.1, 0.15) is 24.3 Å². The summed E-state index contributed by atoms with van der Waals surface area (Å²) < 4.78 is 14.6. The third kappa shape index (κ3) is 2.21. The van der Waals surface area contributed by atoms with Crippen LogP contribution in [-0.2, 0) is 4.74 Å². The number of hydrogen-bond donors (Lipinski definition) is 0. The molecule has 1 heterocycles. The number of carbonyl (C=O) groups excluding carboxylic acids is 1. The van der Waals surface area contributed by atoms with Gasteiger partial charge in [0.05, 0.1) is 13.2 Å². The molecule has 0 bridgehead atoms. The fourth-order valence-corrected chi connectivity index (χ4v) is 0.804. The quantitative estimate of drug-likeness (QED) is 0.660. The molecule has 0 aromatic carbocycles. The van der Waals surface area contributed by atoms with Gasteiger partial charge in [0.1, 0.15) is 0 Å². The monoisotopic (exact) mass is 185 g/mol. The average molecular weight is 185 g/mol. The highest BCUT2D eigenvalue weighted by atomic mass is 16.6. The zero-order chi connectivity index (χ0) is 9.68. The van der Waals surface area contributed by atoms with Gasteiger partial charge in [0.15, 0.2) is 6.39 Å². The Bertz CT molecular complexity index is 281. The van der Waals surface area contributed by atoms with E-state index in [-0.39, 0.29) is 11.6 Å². The summed E-state index contributed by atoms with van der Waals surface area (Å²) in [6.45, 7) is 4.23. The van der Waals surface area contributed by atoms with Crippen molar-refractivity contribution in [2.75, 3.05) is 13.2 Å². The Balaban J connectivity index is 2.74. The van der Waals surface area contributed by atoms with Gasteiger partial charge in [-0.3, -0.25) is 0 Å². The number of rotatable bonds is 4. The van der Waals surface area contributed by atoms with Crippen molar-refractivity contribution in [2.45, 2.75) is 13.8 Å². The molecular weight excluding hydrogens is 174 g/mol. The van der Waals surface area contributed by atoms with E-state index >= 15 is 0 Å². The summed E-state index contributed by atoms with van der Waals surface area (Å²) in [5.74, 6) is -0.416. The van der Waals surface area contributed by atoms with Gasteiger partial charge in [0.25, 0.3) is 0 Å². The number of aromatic nitrogens is 1. The van der Waals surface area contributed by atoms with Gasteiger partial charge >= 0.3 is 11.9 Å². The SMILES string of the molecule is CCOC(=O)c1ncoc1OCC. The minimum absolute atomic E-state index is 0.0868. The summed E-state index contributed by atoms with van der Waals surface area (Å²) >= 11 is 0. The average Bonchev–Trinajstić information content (AvgIpc) is 2.54. The molecule has 0 N–H and O–H groups in total. The van der Waals surface area contributed by atoms with Crippen molar-refractivity contribution in [1.82, 2.24) is 4.98 Å². The van der Waals surface area contributed by atoms with E-state index in [0.29, 0.717) is 13.2 Å². The van der Waals surface area contributed by atoms with E-state index in [1.807, 2.05) is 0 Å². The Hall–Kier alpha value is -1.52. The Kier molecular flexibility index (Phi) is 3.31. The maximum absolute atomic E-state index is 11.2.